The highest BCUT2D eigenvalue weighted by Gasteiger charge is 2.46. The van der Waals surface area contributed by atoms with Gasteiger partial charge in [0.2, 0.25) is 0 Å². The largest absolute Gasteiger partial charge is 0.462 e. The second-order valence-corrected chi connectivity index (χ2v) is 13.8. The minimum Gasteiger partial charge on any atom is -0.462 e. The quantitative estimate of drug-likeness (QED) is 0.304. The van der Waals surface area contributed by atoms with E-state index in [0.29, 0.717) is 19.4 Å². The number of esters is 1. The molecule has 0 aromatic heterocycles. The summed E-state index contributed by atoms with van der Waals surface area (Å²) >= 11 is 0. The number of carbonyl (C=O) groups excluding carboxylic acids is 2. The lowest BCUT2D eigenvalue weighted by molar-refractivity contribution is -0.294. The molecule has 0 amide bonds. The minimum absolute atomic E-state index is 0.0380. The van der Waals surface area contributed by atoms with Crippen LogP contribution in [0.4, 0.5) is 0 Å². The molecule has 0 radical (unpaired) electrons. The Hall–Kier alpha value is -1.95. The molecule has 6 unspecified atom stereocenters. The van der Waals surface area contributed by atoms with Crippen molar-refractivity contribution < 1.29 is 34.0 Å². The Balaban J connectivity index is 2.58. The van der Waals surface area contributed by atoms with Crippen LogP contribution in [0.15, 0.2) is 28.8 Å². The van der Waals surface area contributed by atoms with Crippen molar-refractivity contribution in [1.82, 2.24) is 9.80 Å². The number of carbonyl (C=O) groups is 2. The Bertz CT molecular complexity index is 1030. The summed E-state index contributed by atoms with van der Waals surface area (Å²) in [6.45, 7) is 12.6. The SMILES string of the molecule is CC[C@H]1OC(=O)C[C@@H](O)[C@H](C)[C@@H](OC2OC(C)C(C)C(N(C)C)C2O)[C@@H](CC=O)C[C@@H](C)C(=NC)/C=C/C(C)=C/C1CN(C)C. The van der Waals surface area contributed by atoms with Crippen LogP contribution in [0.5, 0.6) is 0 Å². The summed E-state index contributed by atoms with van der Waals surface area (Å²) in [5.74, 6) is -1.45. The van der Waals surface area contributed by atoms with Crippen LogP contribution >= 0.6 is 0 Å². The molecule has 1 fully saturated rings. The summed E-state index contributed by atoms with van der Waals surface area (Å²) in [6.07, 6.45) is 3.84. The molecule has 0 bridgehead atoms. The molecule has 258 valence electrons. The zero-order chi connectivity index (χ0) is 34.0. The number of aliphatic imine (C=N–C) groups is 1. The number of ether oxygens (including phenoxy) is 3. The standard InChI is InChI=1S/C35H61N3O7/c1-12-30-27(20-37(8)9)17-21(2)13-14-28(36-7)22(3)18-26(15-16-39)34(24(5)29(40)19-31(41)44-30)45-35-33(42)32(38(10)11)23(4)25(6)43-35/h13-14,16-17,22-27,29-30,32-35,40,42H,12,15,18-20H2,1-11H3/b14-13+,21-17+,36-28?/t22-,23?,24+,25?,26+,27?,29-,30-,32?,33?,34-,35?/m1/s1. The van der Waals surface area contributed by atoms with Gasteiger partial charge in [-0.15, -0.1) is 0 Å². The fourth-order valence-electron chi connectivity index (χ4n) is 6.97. The molecule has 2 aliphatic rings. The second kappa shape index (κ2) is 18.4. The lowest BCUT2D eigenvalue weighted by atomic mass is 9.79. The van der Waals surface area contributed by atoms with Crippen molar-refractivity contribution in [3.05, 3.63) is 23.8 Å². The maximum absolute atomic E-state index is 13.3. The van der Waals surface area contributed by atoms with Gasteiger partial charge in [0, 0.05) is 49.5 Å². The van der Waals surface area contributed by atoms with Crippen LogP contribution in [0.1, 0.15) is 67.2 Å². The number of cyclic esters (lactones) is 1. The van der Waals surface area contributed by atoms with Crippen LogP contribution in [0, 0.1) is 29.6 Å². The van der Waals surface area contributed by atoms with E-state index in [1.54, 1.807) is 7.05 Å². The number of rotatable bonds is 8. The van der Waals surface area contributed by atoms with Crippen LogP contribution in [-0.2, 0) is 23.8 Å². The van der Waals surface area contributed by atoms with Crippen molar-refractivity contribution in [2.75, 3.05) is 41.8 Å². The normalized spacial score (nSPS) is 40.6. The van der Waals surface area contributed by atoms with Crippen LogP contribution in [0.2, 0.25) is 0 Å². The Morgan fingerprint density at radius 2 is 1.76 bits per heavy atom. The van der Waals surface area contributed by atoms with E-state index in [4.69, 9.17) is 14.2 Å². The molecular formula is C35H61N3O7. The van der Waals surface area contributed by atoms with E-state index in [0.717, 1.165) is 17.6 Å². The number of hydrogen-bond acceptors (Lipinski definition) is 10. The molecule has 10 nitrogen and oxygen atoms in total. The number of nitrogens with zero attached hydrogens (tertiary/aromatic N) is 3. The summed E-state index contributed by atoms with van der Waals surface area (Å²) < 4.78 is 18.8. The number of likely N-dealkylation sites (N-methyl/N-ethyl adjacent to an activating group) is 1. The molecule has 0 saturated carbocycles. The average Bonchev–Trinajstić information content (AvgIpc) is 2.95. The zero-order valence-electron chi connectivity index (χ0n) is 29.6. The molecule has 0 spiro atoms. The van der Waals surface area contributed by atoms with Gasteiger partial charge < -0.3 is 39.0 Å². The smallest absolute Gasteiger partial charge is 0.308 e. The Labute approximate surface area is 271 Å². The van der Waals surface area contributed by atoms with Crippen LogP contribution in [-0.4, -0.2) is 123 Å². The van der Waals surface area contributed by atoms with Crippen molar-refractivity contribution in [1.29, 1.82) is 0 Å². The monoisotopic (exact) mass is 635 g/mol. The minimum atomic E-state index is -1.11. The first-order valence-corrected chi connectivity index (χ1v) is 16.6. The lowest BCUT2D eigenvalue weighted by Crippen LogP contribution is -2.60. The summed E-state index contributed by atoms with van der Waals surface area (Å²) in [4.78, 5) is 34.0. The van der Waals surface area contributed by atoms with Crippen molar-refractivity contribution in [3.8, 4) is 0 Å². The number of allylic oxidation sites excluding steroid dienone is 3. The van der Waals surface area contributed by atoms with Crippen molar-refractivity contribution in [2.24, 2.45) is 34.6 Å². The highest BCUT2D eigenvalue weighted by molar-refractivity contribution is 5.96. The van der Waals surface area contributed by atoms with E-state index in [1.807, 2.05) is 79.9 Å². The molecule has 0 aromatic carbocycles. The Morgan fingerprint density at radius 1 is 1.09 bits per heavy atom. The Kier molecular flexibility index (Phi) is 16.0. The topological polar surface area (TPSA) is 121 Å². The summed E-state index contributed by atoms with van der Waals surface area (Å²) in [7, 11) is 9.59. The van der Waals surface area contributed by atoms with Gasteiger partial charge in [-0.1, -0.05) is 45.4 Å². The highest BCUT2D eigenvalue weighted by Crippen LogP contribution is 2.35. The van der Waals surface area contributed by atoms with Gasteiger partial charge in [-0.2, -0.15) is 0 Å². The van der Waals surface area contributed by atoms with Gasteiger partial charge in [0.1, 0.15) is 18.5 Å². The summed E-state index contributed by atoms with van der Waals surface area (Å²) in [5.41, 5.74) is 1.91. The average molecular weight is 636 g/mol. The summed E-state index contributed by atoms with van der Waals surface area (Å²) in [5, 5.41) is 22.9. The third kappa shape index (κ3) is 11.1. The zero-order valence-corrected chi connectivity index (χ0v) is 29.6. The maximum atomic E-state index is 13.3. The molecule has 12 atom stereocenters. The predicted molar refractivity (Wildman–Crippen MR) is 178 cm³/mol. The highest BCUT2D eigenvalue weighted by atomic mass is 16.7. The molecule has 2 heterocycles. The molecule has 2 aliphatic heterocycles. The molecule has 0 aromatic rings. The van der Waals surface area contributed by atoms with E-state index in [-0.39, 0.29) is 54.8 Å². The first-order chi connectivity index (χ1) is 21.1. The van der Waals surface area contributed by atoms with Crippen LogP contribution in [0.3, 0.4) is 0 Å². The van der Waals surface area contributed by atoms with E-state index in [1.165, 1.54) is 0 Å². The van der Waals surface area contributed by atoms with Crippen molar-refractivity contribution >= 4 is 18.0 Å². The van der Waals surface area contributed by atoms with Crippen LogP contribution < -0.4 is 0 Å². The van der Waals surface area contributed by atoms with Gasteiger partial charge in [0.05, 0.1) is 24.7 Å². The van der Waals surface area contributed by atoms with Gasteiger partial charge in [-0.25, -0.2) is 0 Å². The lowest BCUT2D eigenvalue weighted by Gasteiger charge is -2.47. The van der Waals surface area contributed by atoms with Crippen molar-refractivity contribution in [3.63, 3.8) is 0 Å². The molecule has 2 N–H and O–H groups in total. The van der Waals surface area contributed by atoms with E-state index >= 15 is 0 Å². The first kappa shape index (κ1) is 39.2. The molecular weight excluding hydrogens is 574 g/mol. The third-order valence-electron chi connectivity index (χ3n) is 9.66. The molecule has 0 aliphatic carbocycles. The van der Waals surface area contributed by atoms with E-state index in [2.05, 4.69) is 22.9 Å². The second-order valence-electron chi connectivity index (χ2n) is 13.8. The van der Waals surface area contributed by atoms with Gasteiger partial charge in [0.15, 0.2) is 6.29 Å². The number of aliphatic hydroxyl groups is 2. The first-order valence-electron chi connectivity index (χ1n) is 16.6. The molecule has 10 heteroatoms. The van der Waals surface area contributed by atoms with Gasteiger partial charge >= 0.3 is 5.97 Å². The predicted octanol–water partition coefficient (Wildman–Crippen LogP) is 3.75. The molecule has 2 rings (SSSR count). The van der Waals surface area contributed by atoms with E-state index < -0.39 is 36.5 Å². The van der Waals surface area contributed by atoms with Gasteiger partial charge in [-0.05, 0) is 72.8 Å². The van der Waals surface area contributed by atoms with Gasteiger partial charge in [-0.3, -0.25) is 9.79 Å². The van der Waals surface area contributed by atoms with Gasteiger partial charge in [0.25, 0.3) is 0 Å². The Morgan fingerprint density at radius 3 is 2.31 bits per heavy atom. The van der Waals surface area contributed by atoms with Crippen LogP contribution in [0.25, 0.3) is 0 Å². The molecule has 45 heavy (non-hydrogen) atoms. The maximum Gasteiger partial charge on any atom is 0.308 e. The number of hydrogen-bond donors (Lipinski definition) is 2. The molecule has 1 saturated heterocycles. The summed E-state index contributed by atoms with van der Waals surface area (Å²) in [6, 6.07) is -0.218. The fourth-order valence-corrected chi connectivity index (χ4v) is 6.97. The number of aldehydes is 1. The number of aliphatic hydroxyl groups excluding tert-OH is 2. The third-order valence-corrected chi connectivity index (χ3v) is 9.66. The van der Waals surface area contributed by atoms with Crippen molar-refractivity contribution in [2.45, 2.75) is 110 Å². The van der Waals surface area contributed by atoms with E-state index in [9.17, 15) is 19.8 Å². The fraction of sp³-hybridized carbons (Fsp3) is 0.800.